The van der Waals surface area contributed by atoms with Crippen LogP contribution in [0.4, 0.5) is 5.13 Å². The van der Waals surface area contributed by atoms with Gasteiger partial charge in [0.15, 0.2) is 5.13 Å². The minimum Gasteiger partial charge on any atom is -0.389 e. The van der Waals surface area contributed by atoms with Gasteiger partial charge < -0.3 is 10.4 Å². The molecule has 0 aliphatic heterocycles. The van der Waals surface area contributed by atoms with Gasteiger partial charge in [0, 0.05) is 17.6 Å². The smallest absolute Gasteiger partial charge is 0.182 e. The fourth-order valence-electron chi connectivity index (χ4n) is 0.927. The number of thiazole rings is 1. The molecule has 0 bridgehead atoms. The number of anilines is 1. The molecule has 4 heteroatoms. The zero-order chi connectivity index (χ0) is 10.8. The SMILES string of the molecule is CC(C)c1cnc(NCC(C)(C)O)s1. The Morgan fingerprint density at radius 2 is 2.21 bits per heavy atom. The summed E-state index contributed by atoms with van der Waals surface area (Å²) in [6.45, 7) is 8.37. The molecule has 0 aromatic carbocycles. The van der Waals surface area contributed by atoms with E-state index in [9.17, 15) is 5.11 Å². The molecule has 0 spiro atoms. The highest BCUT2D eigenvalue weighted by atomic mass is 32.1. The number of hydrogen-bond donors (Lipinski definition) is 2. The van der Waals surface area contributed by atoms with Gasteiger partial charge in [-0.3, -0.25) is 0 Å². The molecular formula is C10H18N2OS. The Kier molecular flexibility index (Phi) is 3.50. The van der Waals surface area contributed by atoms with E-state index in [4.69, 9.17) is 0 Å². The average molecular weight is 214 g/mol. The van der Waals surface area contributed by atoms with Gasteiger partial charge >= 0.3 is 0 Å². The van der Waals surface area contributed by atoms with Crippen LogP contribution in [0.5, 0.6) is 0 Å². The Balaban J connectivity index is 2.52. The Labute approximate surface area is 89.2 Å². The molecule has 14 heavy (non-hydrogen) atoms. The van der Waals surface area contributed by atoms with E-state index in [1.54, 1.807) is 25.2 Å². The first kappa shape index (κ1) is 11.5. The summed E-state index contributed by atoms with van der Waals surface area (Å²) in [5, 5.41) is 13.5. The number of aromatic nitrogens is 1. The normalized spacial score (nSPS) is 12.1. The fourth-order valence-corrected chi connectivity index (χ4v) is 1.74. The second-order valence-corrected chi connectivity index (χ2v) is 5.45. The van der Waals surface area contributed by atoms with Crippen LogP contribution in [0.2, 0.25) is 0 Å². The van der Waals surface area contributed by atoms with Crippen molar-refractivity contribution in [3.05, 3.63) is 11.1 Å². The van der Waals surface area contributed by atoms with Gasteiger partial charge in [-0.05, 0) is 19.8 Å². The van der Waals surface area contributed by atoms with Crippen LogP contribution in [0.15, 0.2) is 6.20 Å². The van der Waals surface area contributed by atoms with E-state index < -0.39 is 5.60 Å². The summed E-state index contributed by atoms with van der Waals surface area (Å²) < 4.78 is 0. The maximum Gasteiger partial charge on any atom is 0.182 e. The third kappa shape index (κ3) is 3.64. The first-order chi connectivity index (χ1) is 6.38. The molecule has 0 unspecified atom stereocenters. The highest BCUT2D eigenvalue weighted by Gasteiger charge is 2.13. The molecule has 0 saturated carbocycles. The Morgan fingerprint density at radius 3 is 2.64 bits per heavy atom. The first-order valence-corrected chi connectivity index (χ1v) is 5.62. The molecule has 1 aromatic heterocycles. The first-order valence-electron chi connectivity index (χ1n) is 4.80. The zero-order valence-corrected chi connectivity index (χ0v) is 9.98. The van der Waals surface area contributed by atoms with Gasteiger partial charge in [0.25, 0.3) is 0 Å². The molecule has 0 fully saturated rings. The standard InChI is InChI=1S/C10H18N2OS/c1-7(2)8-5-11-9(14-8)12-6-10(3,4)13/h5,7,13H,6H2,1-4H3,(H,11,12). The summed E-state index contributed by atoms with van der Waals surface area (Å²) in [6.07, 6.45) is 1.89. The van der Waals surface area contributed by atoms with Crippen LogP contribution in [0.3, 0.4) is 0 Å². The van der Waals surface area contributed by atoms with Crippen LogP contribution in [-0.4, -0.2) is 22.2 Å². The third-order valence-electron chi connectivity index (χ3n) is 1.76. The van der Waals surface area contributed by atoms with Gasteiger partial charge in [-0.1, -0.05) is 13.8 Å². The largest absolute Gasteiger partial charge is 0.389 e. The fraction of sp³-hybridized carbons (Fsp3) is 0.700. The monoisotopic (exact) mass is 214 g/mol. The molecular weight excluding hydrogens is 196 g/mol. The molecule has 0 amide bonds. The lowest BCUT2D eigenvalue weighted by Gasteiger charge is -2.16. The molecule has 3 nitrogen and oxygen atoms in total. The van der Waals surface area contributed by atoms with E-state index in [1.807, 2.05) is 6.20 Å². The average Bonchev–Trinajstić information content (AvgIpc) is 2.47. The Bertz CT molecular complexity index is 289. The van der Waals surface area contributed by atoms with E-state index in [0.717, 1.165) is 5.13 Å². The van der Waals surface area contributed by atoms with Crippen LogP contribution in [-0.2, 0) is 0 Å². The van der Waals surface area contributed by atoms with Gasteiger partial charge in [0.1, 0.15) is 0 Å². The van der Waals surface area contributed by atoms with Crippen molar-refractivity contribution in [1.29, 1.82) is 0 Å². The third-order valence-corrected chi connectivity index (χ3v) is 3.02. The molecule has 1 heterocycles. The minimum atomic E-state index is -0.691. The van der Waals surface area contributed by atoms with Crippen molar-refractivity contribution in [2.24, 2.45) is 0 Å². The van der Waals surface area contributed by atoms with Crippen molar-refractivity contribution in [2.45, 2.75) is 39.2 Å². The predicted octanol–water partition coefficient (Wildman–Crippen LogP) is 2.45. The summed E-state index contributed by atoms with van der Waals surface area (Å²) in [6, 6.07) is 0. The van der Waals surface area contributed by atoms with Crippen LogP contribution < -0.4 is 5.32 Å². The second-order valence-electron chi connectivity index (χ2n) is 4.39. The molecule has 0 aliphatic carbocycles. The molecule has 1 rings (SSSR count). The lowest BCUT2D eigenvalue weighted by molar-refractivity contribution is 0.0945. The highest BCUT2D eigenvalue weighted by Crippen LogP contribution is 2.25. The molecule has 0 atom stereocenters. The lowest BCUT2D eigenvalue weighted by Crippen LogP contribution is -2.29. The van der Waals surface area contributed by atoms with Crippen molar-refractivity contribution in [1.82, 2.24) is 4.98 Å². The van der Waals surface area contributed by atoms with Gasteiger partial charge in [-0.15, -0.1) is 11.3 Å². The summed E-state index contributed by atoms with van der Waals surface area (Å²) in [7, 11) is 0. The van der Waals surface area contributed by atoms with Crippen LogP contribution in [0, 0.1) is 0 Å². The predicted molar refractivity (Wildman–Crippen MR) is 61.0 cm³/mol. The van der Waals surface area contributed by atoms with E-state index in [2.05, 4.69) is 24.1 Å². The summed E-state index contributed by atoms with van der Waals surface area (Å²) in [4.78, 5) is 5.50. The molecule has 0 radical (unpaired) electrons. The quantitative estimate of drug-likeness (QED) is 0.809. The van der Waals surface area contributed by atoms with Gasteiger partial charge in [-0.25, -0.2) is 4.98 Å². The molecule has 80 valence electrons. The van der Waals surface area contributed by atoms with E-state index in [0.29, 0.717) is 12.5 Å². The van der Waals surface area contributed by atoms with Crippen molar-refractivity contribution in [2.75, 3.05) is 11.9 Å². The van der Waals surface area contributed by atoms with Crippen molar-refractivity contribution in [3.8, 4) is 0 Å². The number of aliphatic hydroxyl groups is 1. The maximum absolute atomic E-state index is 9.51. The molecule has 0 aliphatic rings. The van der Waals surface area contributed by atoms with Gasteiger partial charge in [0.2, 0.25) is 0 Å². The summed E-state index contributed by atoms with van der Waals surface area (Å²) in [5.74, 6) is 0.519. The van der Waals surface area contributed by atoms with E-state index in [-0.39, 0.29) is 0 Å². The Morgan fingerprint density at radius 1 is 1.57 bits per heavy atom. The lowest BCUT2D eigenvalue weighted by atomic mass is 10.1. The van der Waals surface area contributed by atoms with Crippen molar-refractivity contribution in [3.63, 3.8) is 0 Å². The van der Waals surface area contributed by atoms with Crippen LogP contribution >= 0.6 is 11.3 Å². The topological polar surface area (TPSA) is 45.2 Å². The van der Waals surface area contributed by atoms with Crippen molar-refractivity contribution >= 4 is 16.5 Å². The summed E-state index contributed by atoms with van der Waals surface area (Å²) in [5.41, 5.74) is -0.691. The van der Waals surface area contributed by atoms with E-state index >= 15 is 0 Å². The number of hydrogen-bond acceptors (Lipinski definition) is 4. The number of nitrogens with zero attached hydrogens (tertiary/aromatic N) is 1. The molecule has 0 saturated heterocycles. The molecule has 2 N–H and O–H groups in total. The molecule has 1 aromatic rings. The van der Waals surface area contributed by atoms with Crippen LogP contribution in [0.25, 0.3) is 0 Å². The second kappa shape index (κ2) is 4.28. The van der Waals surface area contributed by atoms with E-state index in [1.165, 1.54) is 4.88 Å². The number of rotatable bonds is 4. The maximum atomic E-state index is 9.51. The summed E-state index contributed by atoms with van der Waals surface area (Å²) >= 11 is 1.65. The highest BCUT2D eigenvalue weighted by molar-refractivity contribution is 7.15. The van der Waals surface area contributed by atoms with Gasteiger partial charge in [0.05, 0.1) is 5.60 Å². The zero-order valence-electron chi connectivity index (χ0n) is 9.16. The van der Waals surface area contributed by atoms with Gasteiger partial charge in [-0.2, -0.15) is 0 Å². The Hall–Kier alpha value is -0.610. The number of nitrogens with one attached hydrogen (secondary N) is 1. The van der Waals surface area contributed by atoms with Crippen LogP contribution in [0.1, 0.15) is 38.5 Å². The van der Waals surface area contributed by atoms with Crippen molar-refractivity contribution < 1.29 is 5.11 Å². The minimum absolute atomic E-state index is 0.519.